The van der Waals surface area contributed by atoms with Crippen molar-refractivity contribution < 1.29 is 4.42 Å². The molecule has 1 aromatic heterocycles. The number of furan rings is 1. The van der Waals surface area contributed by atoms with Crippen LogP contribution in [0.4, 0.5) is 17.1 Å². The van der Waals surface area contributed by atoms with Gasteiger partial charge in [-0.25, -0.2) is 0 Å². The predicted molar refractivity (Wildman–Crippen MR) is 202 cm³/mol. The minimum absolute atomic E-state index is 0.871. The lowest BCUT2D eigenvalue weighted by molar-refractivity contribution is 0.669. The van der Waals surface area contributed by atoms with Crippen LogP contribution in [-0.4, -0.2) is 0 Å². The summed E-state index contributed by atoms with van der Waals surface area (Å²) >= 11 is 0. The summed E-state index contributed by atoms with van der Waals surface area (Å²) in [6, 6.07) is 66.9. The SMILES string of the molecule is c1ccc(-c2ccc(-c3ccc(N(c4cccc(-c5ccc6ccccc6c5)c4)c4cccc5c4oc4ccccc45)cc3)cc2)cc1. The average Bonchev–Trinajstić information content (AvgIpc) is 3.55. The van der Waals surface area contributed by atoms with Crippen LogP contribution in [0.1, 0.15) is 0 Å². The van der Waals surface area contributed by atoms with Crippen LogP contribution < -0.4 is 4.90 Å². The van der Waals surface area contributed by atoms with Crippen LogP contribution in [0.3, 0.4) is 0 Å². The maximum Gasteiger partial charge on any atom is 0.159 e. The van der Waals surface area contributed by atoms with Crippen LogP contribution in [0.5, 0.6) is 0 Å². The molecule has 8 aromatic carbocycles. The van der Waals surface area contributed by atoms with E-state index in [0.29, 0.717) is 0 Å². The van der Waals surface area contributed by atoms with E-state index in [4.69, 9.17) is 4.42 Å². The van der Waals surface area contributed by atoms with Gasteiger partial charge in [0.05, 0.1) is 5.69 Å². The Bertz CT molecular complexity index is 2540. The molecule has 0 atom stereocenters. The predicted octanol–water partition coefficient (Wildman–Crippen LogP) is 13.2. The monoisotopic (exact) mass is 613 g/mol. The molecule has 48 heavy (non-hydrogen) atoms. The molecule has 0 amide bonds. The first-order valence-electron chi connectivity index (χ1n) is 16.3. The van der Waals surface area contributed by atoms with Crippen LogP contribution in [0.15, 0.2) is 192 Å². The fourth-order valence-electron chi connectivity index (χ4n) is 6.82. The number of anilines is 3. The second kappa shape index (κ2) is 11.8. The van der Waals surface area contributed by atoms with E-state index in [9.17, 15) is 0 Å². The summed E-state index contributed by atoms with van der Waals surface area (Å²) in [6.07, 6.45) is 0. The van der Waals surface area contributed by atoms with E-state index in [2.05, 4.69) is 181 Å². The van der Waals surface area contributed by atoms with Crippen LogP contribution in [-0.2, 0) is 0 Å². The lowest BCUT2D eigenvalue weighted by atomic mass is 9.99. The normalized spacial score (nSPS) is 11.3. The first kappa shape index (κ1) is 27.9. The molecule has 0 saturated heterocycles. The molecule has 226 valence electrons. The highest BCUT2D eigenvalue weighted by atomic mass is 16.3. The van der Waals surface area contributed by atoms with Crippen molar-refractivity contribution in [3.8, 4) is 33.4 Å². The van der Waals surface area contributed by atoms with Crippen molar-refractivity contribution in [1.82, 2.24) is 0 Å². The van der Waals surface area contributed by atoms with Crippen molar-refractivity contribution in [2.75, 3.05) is 4.90 Å². The van der Waals surface area contributed by atoms with Crippen LogP contribution in [0, 0.1) is 0 Å². The number of rotatable bonds is 6. The van der Waals surface area contributed by atoms with Gasteiger partial charge in [0.2, 0.25) is 0 Å². The van der Waals surface area contributed by atoms with Gasteiger partial charge in [-0.05, 0) is 86.6 Å². The van der Waals surface area contributed by atoms with Gasteiger partial charge in [-0.1, -0.05) is 146 Å². The molecule has 0 spiro atoms. The molecule has 0 N–H and O–H groups in total. The van der Waals surface area contributed by atoms with Gasteiger partial charge in [0.15, 0.2) is 5.58 Å². The highest BCUT2D eigenvalue weighted by Crippen LogP contribution is 2.43. The van der Waals surface area contributed by atoms with Gasteiger partial charge in [-0.2, -0.15) is 0 Å². The van der Waals surface area contributed by atoms with E-state index in [1.165, 1.54) is 38.6 Å². The first-order chi connectivity index (χ1) is 23.8. The van der Waals surface area contributed by atoms with Crippen molar-refractivity contribution >= 4 is 49.8 Å². The van der Waals surface area contributed by atoms with E-state index in [-0.39, 0.29) is 0 Å². The number of benzene rings is 8. The van der Waals surface area contributed by atoms with E-state index < -0.39 is 0 Å². The molecule has 1 heterocycles. The Labute approximate surface area is 279 Å². The molecule has 0 radical (unpaired) electrons. The first-order valence-corrected chi connectivity index (χ1v) is 16.3. The third-order valence-corrected chi connectivity index (χ3v) is 9.26. The van der Waals surface area contributed by atoms with E-state index in [1.807, 2.05) is 12.1 Å². The average molecular weight is 614 g/mol. The number of fused-ring (bicyclic) bond motifs is 4. The number of nitrogens with zero attached hydrogens (tertiary/aromatic N) is 1. The zero-order valence-electron chi connectivity index (χ0n) is 26.3. The third-order valence-electron chi connectivity index (χ3n) is 9.26. The van der Waals surface area contributed by atoms with Crippen molar-refractivity contribution in [3.63, 3.8) is 0 Å². The Morgan fingerprint density at radius 1 is 0.333 bits per heavy atom. The van der Waals surface area contributed by atoms with Gasteiger partial charge in [-0.3, -0.25) is 0 Å². The molecule has 9 rings (SSSR count). The van der Waals surface area contributed by atoms with E-state index in [1.54, 1.807) is 0 Å². The number of para-hydroxylation sites is 2. The zero-order valence-corrected chi connectivity index (χ0v) is 26.3. The van der Waals surface area contributed by atoms with E-state index >= 15 is 0 Å². The van der Waals surface area contributed by atoms with Gasteiger partial charge in [0.25, 0.3) is 0 Å². The highest BCUT2D eigenvalue weighted by Gasteiger charge is 2.20. The summed E-state index contributed by atoms with van der Waals surface area (Å²) in [5.41, 5.74) is 12.0. The standard InChI is InChI=1S/C46H31NO/c1-2-10-32(11-3-1)34-20-22-35(23-21-34)36-26-28-40(29-27-36)47(44-18-9-17-43-42-16-6-7-19-45(42)48-46(43)44)41-15-8-14-38(31-41)39-25-24-33-12-4-5-13-37(33)30-39/h1-31H. The topological polar surface area (TPSA) is 16.4 Å². The molecule has 2 nitrogen and oxygen atoms in total. The van der Waals surface area contributed by atoms with E-state index in [0.717, 1.165) is 44.6 Å². The molecule has 0 unspecified atom stereocenters. The van der Waals surface area contributed by atoms with Gasteiger partial charge >= 0.3 is 0 Å². The second-order valence-corrected chi connectivity index (χ2v) is 12.2. The smallest absolute Gasteiger partial charge is 0.159 e. The lowest BCUT2D eigenvalue weighted by Gasteiger charge is -2.26. The van der Waals surface area contributed by atoms with Crippen LogP contribution in [0.2, 0.25) is 0 Å². The Kier molecular flexibility index (Phi) is 6.84. The van der Waals surface area contributed by atoms with Gasteiger partial charge in [0, 0.05) is 22.1 Å². The molecule has 0 aliphatic carbocycles. The van der Waals surface area contributed by atoms with Gasteiger partial charge < -0.3 is 9.32 Å². The molecular formula is C46H31NO. The summed E-state index contributed by atoms with van der Waals surface area (Å²) in [5, 5.41) is 4.70. The van der Waals surface area contributed by atoms with Crippen molar-refractivity contribution in [2.45, 2.75) is 0 Å². The Morgan fingerprint density at radius 3 is 1.69 bits per heavy atom. The zero-order chi connectivity index (χ0) is 31.9. The van der Waals surface area contributed by atoms with Crippen LogP contribution >= 0.6 is 0 Å². The quantitative estimate of drug-likeness (QED) is 0.185. The molecule has 0 saturated carbocycles. The summed E-state index contributed by atoms with van der Waals surface area (Å²) < 4.78 is 6.57. The second-order valence-electron chi connectivity index (χ2n) is 12.2. The molecule has 2 heteroatoms. The number of hydrogen-bond donors (Lipinski definition) is 0. The maximum absolute atomic E-state index is 6.57. The van der Waals surface area contributed by atoms with Crippen molar-refractivity contribution in [3.05, 3.63) is 188 Å². The largest absolute Gasteiger partial charge is 0.454 e. The minimum Gasteiger partial charge on any atom is -0.454 e. The molecule has 0 aliphatic rings. The number of hydrogen-bond acceptors (Lipinski definition) is 2. The lowest BCUT2D eigenvalue weighted by Crippen LogP contribution is -2.10. The Balaban J connectivity index is 1.16. The Hall–Kier alpha value is -6.38. The fraction of sp³-hybridized carbons (Fsp3) is 0. The third kappa shape index (κ3) is 5.01. The highest BCUT2D eigenvalue weighted by molar-refractivity contribution is 6.10. The van der Waals surface area contributed by atoms with Gasteiger partial charge in [-0.15, -0.1) is 0 Å². The summed E-state index contributed by atoms with van der Waals surface area (Å²) in [7, 11) is 0. The minimum atomic E-state index is 0.871. The summed E-state index contributed by atoms with van der Waals surface area (Å²) in [6.45, 7) is 0. The Morgan fingerprint density at radius 2 is 0.896 bits per heavy atom. The van der Waals surface area contributed by atoms with Crippen LogP contribution in [0.25, 0.3) is 66.1 Å². The molecular weight excluding hydrogens is 583 g/mol. The fourth-order valence-corrected chi connectivity index (χ4v) is 6.82. The summed E-state index contributed by atoms with van der Waals surface area (Å²) in [5.74, 6) is 0. The van der Waals surface area contributed by atoms with Crippen molar-refractivity contribution in [2.24, 2.45) is 0 Å². The molecule has 0 aliphatic heterocycles. The molecule has 0 fully saturated rings. The molecule has 9 aromatic rings. The van der Waals surface area contributed by atoms with Gasteiger partial charge in [0.1, 0.15) is 5.58 Å². The summed E-state index contributed by atoms with van der Waals surface area (Å²) in [4.78, 5) is 2.32. The molecule has 0 bridgehead atoms. The van der Waals surface area contributed by atoms with Crippen molar-refractivity contribution in [1.29, 1.82) is 0 Å². The maximum atomic E-state index is 6.57.